The van der Waals surface area contributed by atoms with E-state index < -0.39 is 16.1 Å². The lowest BCUT2D eigenvalue weighted by molar-refractivity contribution is -0.117. The van der Waals surface area contributed by atoms with Crippen LogP contribution in [0, 0.1) is 0 Å². The smallest absolute Gasteiger partial charge is 0.240 e. The van der Waals surface area contributed by atoms with Crippen LogP contribution in [0.3, 0.4) is 0 Å². The summed E-state index contributed by atoms with van der Waals surface area (Å²) in [5.74, 6) is -0.134. The van der Waals surface area contributed by atoms with Gasteiger partial charge in [-0.15, -0.1) is 12.4 Å². The standard InChI is InChI=1S/C12H17N3O3S.ClH/c1-9(13)12(16)14-10-4-2-5-11(8-10)15-6-3-7-19(15,17)18;/h2,4-5,8-9H,3,6-7,13H2,1H3,(H,14,16);1H/t9-;/m0./s1. The van der Waals surface area contributed by atoms with Gasteiger partial charge in [0.25, 0.3) is 0 Å². The largest absolute Gasteiger partial charge is 0.325 e. The van der Waals surface area contributed by atoms with E-state index in [0.29, 0.717) is 24.3 Å². The fourth-order valence-electron chi connectivity index (χ4n) is 1.92. The van der Waals surface area contributed by atoms with Crippen LogP contribution in [0.4, 0.5) is 11.4 Å². The Morgan fingerprint density at radius 1 is 1.45 bits per heavy atom. The van der Waals surface area contributed by atoms with Crippen molar-refractivity contribution >= 4 is 39.7 Å². The second-order valence-electron chi connectivity index (χ2n) is 4.57. The van der Waals surface area contributed by atoms with Gasteiger partial charge in [-0.25, -0.2) is 8.42 Å². The number of nitrogens with zero attached hydrogens (tertiary/aromatic N) is 1. The van der Waals surface area contributed by atoms with Crippen molar-refractivity contribution in [1.29, 1.82) is 0 Å². The molecular weight excluding hydrogens is 302 g/mol. The van der Waals surface area contributed by atoms with Crippen molar-refractivity contribution in [2.75, 3.05) is 21.9 Å². The van der Waals surface area contributed by atoms with Crippen molar-refractivity contribution in [3.05, 3.63) is 24.3 Å². The van der Waals surface area contributed by atoms with Crippen LogP contribution < -0.4 is 15.4 Å². The molecule has 3 N–H and O–H groups in total. The van der Waals surface area contributed by atoms with E-state index in [9.17, 15) is 13.2 Å². The predicted octanol–water partition coefficient (Wildman–Crippen LogP) is 0.934. The zero-order valence-electron chi connectivity index (χ0n) is 11.1. The first-order valence-electron chi connectivity index (χ1n) is 6.07. The molecular formula is C12H18ClN3O3S. The average molecular weight is 320 g/mol. The van der Waals surface area contributed by atoms with Crippen molar-refractivity contribution in [3.63, 3.8) is 0 Å². The van der Waals surface area contributed by atoms with Crippen LogP contribution in [0.2, 0.25) is 0 Å². The SMILES string of the molecule is C[C@H](N)C(=O)Nc1cccc(N2CCCS2(=O)=O)c1.Cl. The third-order valence-corrected chi connectivity index (χ3v) is 4.78. The zero-order chi connectivity index (χ0) is 14.0. The second kappa shape index (κ2) is 6.43. The number of nitrogens with two attached hydrogens (primary N) is 1. The van der Waals surface area contributed by atoms with E-state index >= 15 is 0 Å². The van der Waals surface area contributed by atoms with Crippen molar-refractivity contribution < 1.29 is 13.2 Å². The highest BCUT2D eigenvalue weighted by Crippen LogP contribution is 2.26. The van der Waals surface area contributed by atoms with Gasteiger partial charge in [-0.2, -0.15) is 0 Å². The van der Waals surface area contributed by atoms with Gasteiger partial charge in [0.05, 0.1) is 17.5 Å². The molecule has 0 aliphatic carbocycles. The fraction of sp³-hybridized carbons (Fsp3) is 0.417. The number of sulfonamides is 1. The summed E-state index contributed by atoms with van der Waals surface area (Å²) in [6.45, 7) is 2.07. The maximum absolute atomic E-state index is 11.8. The summed E-state index contributed by atoms with van der Waals surface area (Å²) in [5.41, 5.74) is 6.58. The van der Waals surface area contributed by atoms with Gasteiger partial charge in [0.1, 0.15) is 0 Å². The zero-order valence-corrected chi connectivity index (χ0v) is 12.7. The molecule has 0 radical (unpaired) electrons. The molecule has 0 bridgehead atoms. The first kappa shape index (κ1) is 16.7. The molecule has 1 atom stereocenters. The van der Waals surface area contributed by atoms with E-state index in [4.69, 9.17) is 5.73 Å². The monoisotopic (exact) mass is 319 g/mol. The number of amides is 1. The topological polar surface area (TPSA) is 92.5 Å². The molecule has 6 nitrogen and oxygen atoms in total. The molecule has 0 aromatic heterocycles. The molecule has 1 aliphatic rings. The summed E-state index contributed by atoms with van der Waals surface area (Å²) in [4.78, 5) is 11.5. The van der Waals surface area contributed by atoms with E-state index in [1.165, 1.54) is 4.31 Å². The Hall–Kier alpha value is -1.31. The molecule has 1 aliphatic heterocycles. The van der Waals surface area contributed by atoms with E-state index in [0.717, 1.165) is 0 Å². The molecule has 0 saturated carbocycles. The minimum Gasteiger partial charge on any atom is -0.325 e. The highest BCUT2D eigenvalue weighted by atomic mass is 35.5. The Morgan fingerprint density at radius 2 is 2.15 bits per heavy atom. The van der Waals surface area contributed by atoms with Gasteiger partial charge in [-0.05, 0) is 31.5 Å². The van der Waals surface area contributed by atoms with E-state index in [2.05, 4.69) is 5.32 Å². The molecule has 1 fully saturated rings. The van der Waals surface area contributed by atoms with Gasteiger partial charge in [0.2, 0.25) is 15.9 Å². The molecule has 1 amide bonds. The minimum absolute atomic E-state index is 0. The lowest BCUT2D eigenvalue weighted by atomic mass is 10.2. The number of anilines is 2. The van der Waals surface area contributed by atoms with Crippen LogP contribution in [0.25, 0.3) is 0 Å². The van der Waals surface area contributed by atoms with Crippen molar-refractivity contribution in [2.24, 2.45) is 5.73 Å². The number of nitrogens with one attached hydrogen (secondary N) is 1. The normalized spacial score (nSPS) is 18.2. The third kappa shape index (κ3) is 3.62. The Balaban J connectivity index is 0.00000200. The van der Waals surface area contributed by atoms with Crippen LogP contribution in [0.1, 0.15) is 13.3 Å². The molecule has 1 aromatic carbocycles. The highest BCUT2D eigenvalue weighted by Gasteiger charge is 2.28. The van der Waals surface area contributed by atoms with Gasteiger partial charge < -0.3 is 11.1 Å². The lowest BCUT2D eigenvalue weighted by Crippen LogP contribution is -2.32. The Morgan fingerprint density at radius 3 is 2.70 bits per heavy atom. The number of carbonyl (C=O) groups is 1. The number of carbonyl (C=O) groups excluding carboxylic acids is 1. The van der Waals surface area contributed by atoms with Gasteiger partial charge in [-0.1, -0.05) is 6.07 Å². The Labute approximate surface area is 124 Å². The predicted molar refractivity (Wildman–Crippen MR) is 81.7 cm³/mol. The molecule has 2 rings (SSSR count). The molecule has 1 heterocycles. The van der Waals surface area contributed by atoms with Crippen molar-refractivity contribution in [2.45, 2.75) is 19.4 Å². The van der Waals surface area contributed by atoms with Gasteiger partial charge in [0.15, 0.2) is 0 Å². The quantitative estimate of drug-likeness (QED) is 0.867. The van der Waals surface area contributed by atoms with Gasteiger partial charge >= 0.3 is 0 Å². The Bertz CT molecular complexity index is 589. The molecule has 112 valence electrons. The van der Waals surface area contributed by atoms with Gasteiger partial charge in [0, 0.05) is 12.2 Å². The van der Waals surface area contributed by atoms with Crippen LogP contribution >= 0.6 is 12.4 Å². The minimum atomic E-state index is -3.21. The number of hydrogen-bond acceptors (Lipinski definition) is 4. The first-order valence-corrected chi connectivity index (χ1v) is 7.68. The fourth-order valence-corrected chi connectivity index (χ4v) is 3.48. The van der Waals surface area contributed by atoms with Crippen LogP contribution in [0.15, 0.2) is 24.3 Å². The number of halogens is 1. The van der Waals surface area contributed by atoms with E-state index in [1.807, 2.05) is 0 Å². The van der Waals surface area contributed by atoms with E-state index in [1.54, 1.807) is 31.2 Å². The summed E-state index contributed by atoms with van der Waals surface area (Å²) in [7, 11) is -3.21. The number of hydrogen-bond donors (Lipinski definition) is 2. The maximum Gasteiger partial charge on any atom is 0.240 e. The van der Waals surface area contributed by atoms with Gasteiger partial charge in [-0.3, -0.25) is 9.10 Å². The van der Waals surface area contributed by atoms with Crippen LogP contribution in [-0.4, -0.2) is 32.7 Å². The van der Waals surface area contributed by atoms with Crippen molar-refractivity contribution in [1.82, 2.24) is 0 Å². The summed E-state index contributed by atoms with van der Waals surface area (Å²) in [6, 6.07) is 6.15. The second-order valence-corrected chi connectivity index (χ2v) is 6.58. The molecule has 8 heteroatoms. The third-order valence-electron chi connectivity index (χ3n) is 2.91. The summed E-state index contributed by atoms with van der Waals surface area (Å²) in [5, 5.41) is 2.65. The van der Waals surface area contributed by atoms with Crippen LogP contribution in [0.5, 0.6) is 0 Å². The molecule has 0 spiro atoms. The number of rotatable bonds is 3. The summed E-state index contributed by atoms with van der Waals surface area (Å²) in [6.07, 6.45) is 0.624. The van der Waals surface area contributed by atoms with Crippen molar-refractivity contribution in [3.8, 4) is 0 Å². The summed E-state index contributed by atoms with van der Waals surface area (Å²) >= 11 is 0. The maximum atomic E-state index is 11.8. The summed E-state index contributed by atoms with van der Waals surface area (Å²) < 4.78 is 25.0. The highest BCUT2D eigenvalue weighted by molar-refractivity contribution is 7.93. The first-order chi connectivity index (χ1) is 8.90. The Kier molecular flexibility index (Phi) is 5.38. The van der Waals surface area contributed by atoms with E-state index in [-0.39, 0.29) is 24.1 Å². The average Bonchev–Trinajstić information content (AvgIpc) is 2.69. The molecule has 1 saturated heterocycles. The molecule has 0 unspecified atom stereocenters. The molecule has 20 heavy (non-hydrogen) atoms. The van der Waals surface area contributed by atoms with Crippen LogP contribution in [-0.2, 0) is 14.8 Å². The molecule has 1 aromatic rings. The number of benzene rings is 1. The lowest BCUT2D eigenvalue weighted by Gasteiger charge is -2.18.